The fourth-order valence-corrected chi connectivity index (χ4v) is 1.12. The van der Waals surface area contributed by atoms with Gasteiger partial charge in [0.2, 0.25) is 0 Å². The minimum Gasteiger partial charge on any atom is -0.492 e. The second-order valence-electron chi connectivity index (χ2n) is 2.87. The average Bonchev–Trinajstić information content (AvgIpc) is 2.31. The lowest BCUT2D eigenvalue weighted by molar-refractivity contribution is -0.150. The molecule has 0 aliphatic carbocycles. The Bertz CT molecular complexity index is 389. The van der Waals surface area contributed by atoms with Crippen molar-refractivity contribution in [3.8, 4) is 5.75 Å². The number of carbonyl (C=O) groups is 2. The molecule has 0 aliphatic rings. The highest BCUT2D eigenvalue weighted by Gasteiger charge is 2.15. The van der Waals surface area contributed by atoms with E-state index in [2.05, 4.69) is 10.1 Å². The van der Waals surface area contributed by atoms with E-state index in [0.717, 1.165) is 7.11 Å². The second-order valence-corrected chi connectivity index (χ2v) is 2.87. The quantitative estimate of drug-likeness (QED) is 0.617. The largest absolute Gasteiger partial charge is 0.492 e. The summed E-state index contributed by atoms with van der Waals surface area (Å²) in [6, 6.07) is 6.86. The third-order valence-corrected chi connectivity index (χ3v) is 1.81. The van der Waals surface area contributed by atoms with Crippen LogP contribution in [0.5, 0.6) is 5.75 Å². The van der Waals surface area contributed by atoms with Crippen LogP contribution in [0.25, 0.3) is 0 Å². The maximum Gasteiger partial charge on any atom is 0.396 e. The number of hydrogen-bond acceptors (Lipinski definition) is 4. The highest BCUT2D eigenvalue weighted by Crippen LogP contribution is 2.23. The van der Waals surface area contributed by atoms with E-state index in [9.17, 15) is 9.59 Å². The van der Waals surface area contributed by atoms with Crippen LogP contribution < -0.4 is 10.1 Å². The van der Waals surface area contributed by atoms with Crippen molar-refractivity contribution in [1.82, 2.24) is 0 Å². The summed E-state index contributed by atoms with van der Waals surface area (Å²) in [6.45, 7) is 2.31. The Morgan fingerprint density at radius 3 is 2.62 bits per heavy atom. The predicted octanol–water partition coefficient (Wildman–Crippen LogP) is 1.20. The molecule has 0 saturated heterocycles. The molecule has 5 heteroatoms. The second kappa shape index (κ2) is 5.75. The van der Waals surface area contributed by atoms with Gasteiger partial charge in [0, 0.05) is 0 Å². The number of benzene rings is 1. The summed E-state index contributed by atoms with van der Waals surface area (Å²) in [5.74, 6) is -1.25. The van der Waals surface area contributed by atoms with E-state index in [1.165, 1.54) is 0 Å². The van der Waals surface area contributed by atoms with E-state index < -0.39 is 11.9 Å². The number of nitrogens with one attached hydrogen (secondary N) is 1. The molecule has 5 nitrogen and oxygen atoms in total. The standard InChI is InChI=1S/C11H13NO4/c1-3-16-9-7-5-4-6-8(9)12-10(13)11(14)15-2/h4-7H,3H2,1-2H3,(H,12,13). The average molecular weight is 223 g/mol. The molecule has 86 valence electrons. The van der Waals surface area contributed by atoms with Crippen molar-refractivity contribution in [2.24, 2.45) is 0 Å². The van der Waals surface area contributed by atoms with Gasteiger partial charge in [0.1, 0.15) is 5.75 Å². The fraction of sp³-hybridized carbons (Fsp3) is 0.273. The van der Waals surface area contributed by atoms with Crippen LogP contribution in [-0.4, -0.2) is 25.6 Å². The first-order valence-electron chi connectivity index (χ1n) is 4.80. The van der Waals surface area contributed by atoms with E-state index >= 15 is 0 Å². The lowest BCUT2D eigenvalue weighted by atomic mass is 10.3. The van der Waals surface area contributed by atoms with Crippen molar-refractivity contribution in [2.45, 2.75) is 6.92 Å². The smallest absolute Gasteiger partial charge is 0.396 e. The van der Waals surface area contributed by atoms with Gasteiger partial charge in [-0.15, -0.1) is 0 Å². The number of para-hydroxylation sites is 2. The van der Waals surface area contributed by atoms with Crippen LogP contribution in [0.15, 0.2) is 24.3 Å². The monoisotopic (exact) mass is 223 g/mol. The van der Waals surface area contributed by atoms with E-state index in [4.69, 9.17) is 4.74 Å². The molecule has 0 unspecified atom stereocenters. The zero-order chi connectivity index (χ0) is 12.0. The SMILES string of the molecule is CCOc1ccccc1NC(=O)C(=O)OC. The van der Waals surface area contributed by atoms with E-state index in [0.29, 0.717) is 18.0 Å². The van der Waals surface area contributed by atoms with Gasteiger partial charge in [-0.05, 0) is 19.1 Å². The third-order valence-electron chi connectivity index (χ3n) is 1.81. The van der Waals surface area contributed by atoms with Crippen LogP contribution in [0.2, 0.25) is 0 Å². The maximum atomic E-state index is 11.3. The van der Waals surface area contributed by atoms with Crippen LogP contribution in [0.3, 0.4) is 0 Å². The molecular weight excluding hydrogens is 210 g/mol. The molecule has 0 spiro atoms. The first kappa shape index (κ1) is 12.0. The van der Waals surface area contributed by atoms with Crippen LogP contribution in [0.1, 0.15) is 6.92 Å². The van der Waals surface area contributed by atoms with E-state index in [1.54, 1.807) is 24.3 Å². The molecule has 0 heterocycles. The molecule has 1 amide bonds. The van der Waals surface area contributed by atoms with Crippen molar-refractivity contribution in [3.63, 3.8) is 0 Å². The first-order valence-corrected chi connectivity index (χ1v) is 4.80. The molecule has 1 aromatic rings. The minimum absolute atomic E-state index is 0.444. The molecule has 0 radical (unpaired) electrons. The Balaban J connectivity index is 2.80. The number of carbonyl (C=O) groups excluding carboxylic acids is 2. The first-order chi connectivity index (χ1) is 7.69. The lowest BCUT2D eigenvalue weighted by Crippen LogP contribution is -2.24. The molecule has 16 heavy (non-hydrogen) atoms. The topological polar surface area (TPSA) is 64.6 Å². The number of amides is 1. The van der Waals surface area contributed by atoms with Gasteiger partial charge < -0.3 is 14.8 Å². The Hall–Kier alpha value is -2.04. The van der Waals surface area contributed by atoms with Crippen LogP contribution in [0.4, 0.5) is 5.69 Å². The molecule has 0 bridgehead atoms. The zero-order valence-electron chi connectivity index (χ0n) is 9.15. The summed E-state index contributed by atoms with van der Waals surface area (Å²) in [4.78, 5) is 22.2. The highest BCUT2D eigenvalue weighted by atomic mass is 16.5. The third kappa shape index (κ3) is 2.98. The molecule has 1 aromatic carbocycles. The Kier molecular flexibility index (Phi) is 4.32. The Labute approximate surface area is 93.4 Å². The van der Waals surface area contributed by atoms with Crippen molar-refractivity contribution in [1.29, 1.82) is 0 Å². The molecule has 0 fully saturated rings. The van der Waals surface area contributed by atoms with Gasteiger partial charge in [0.15, 0.2) is 0 Å². The summed E-state index contributed by atoms with van der Waals surface area (Å²) in [6.07, 6.45) is 0. The fourth-order valence-electron chi connectivity index (χ4n) is 1.12. The van der Waals surface area contributed by atoms with Crippen LogP contribution in [0, 0.1) is 0 Å². The van der Waals surface area contributed by atoms with E-state index in [-0.39, 0.29) is 0 Å². The molecule has 0 atom stereocenters. The van der Waals surface area contributed by atoms with Gasteiger partial charge in [-0.1, -0.05) is 12.1 Å². The molecule has 0 saturated carbocycles. The van der Waals surface area contributed by atoms with Gasteiger partial charge in [-0.25, -0.2) is 4.79 Å². The van der Waals surface area contributed by atoms with Crippen molar-refractivity contribution < 1.29 is 19.1 Å². The van der Waals surface area contributed by atoms with Gasteiger partial charge in [0.05, 0.1) is 19.4 Å². The molecule has 1 rings (SSSR count). The number of anilines is 1. The summed E-state index contributed by atoms with van der Waals surface area (Å²) in [5.41, 5.74) is 0.444. The number of ether oxygens (including phenoxy) is 2. The molecule has 1 N–H and O–H groups in total. The number of hydrogen-bond donors (Lipinski definition) is 1. The number of methoxy groups -OCH3 is 1. The van der Waals surface area contributed by atoms with Gasteiger partial charge >= 0.3 is 11.9 Å². The Morgan fingerprint density at radius 1 is 1.31 bits per heavy atom. The van der Waals surface area contributed by atoms with Crippen molar-refractivity contribution in [3.05, 3.63) is 24.3 Å². The predicted molar refractivity (Wildman–Crippen MR) is 58.3 cm³/mol. The Morgan fingerprint density at radius 2 is 2.00 bits per heavy atom. The van der Waals surface area contributed by atoms with Gasteiger partial charge in [-0.2, -0.15) is 0 Å². The highest BCUT2D eigenvalue weighted by molar-refractivity contribution is 6.37. The molecular formula is C11H13NO4. The molecule has 0 aromatic heterocycles. The summed E-state index contributed by atoms with van der Waals surface area (Å²) < 4.78 is 9.58. The van der Waals surface area contributed by atoms with Gasteiger partial charge in [0.25, 0.3) is 0 Å². The number of esters is 1. The van der Waals surface area contributed by atoms with Crippen molar-refractivity contribution in [2.75, 3.05) is 19.0 Å². The summed E-state index contributed by atoms with van der Waals surface area (Å²) >= 11 is 0. The summed E-state index contributed by atoms with van der Waals surface area (Å²) in [7, 11) is 1.15. The van der Waals surface area contributed by atoms with Crippen LogP contribution >= 0.6 is 0 Å². The van der Waals surface area contributed by atoms with E-state index in [1.807, 2.05) is 6.92 Å². The maximum absolute atomic E-state index is 11.3. The normalized spacial score (nSPS) is 9.38. The minimum atomic E-state index is -0.939. The van der Waals surface area contributed by atoms with Crippen LogP contribution in [-0.2, 0) is 14.3 Å². The zero-order valence-corrected chi connectivity index (χ0v) is 9.15. The summed E-state index contributed by atoms with van der Waals surface area (Å²) in [5, 5.41) is 2.41. The van der Waals surface area contributed by atoms with Gasteiger partial charge in [-0.3, -0.25) is 4.79 Å². The lowest BCUT2D eigenvalue weighted by Gasteiger charge is -2.09. The molecule has 0 aliphatic heterocycles. The van der Waals surface area contributed by atoms with Crippen molar-refractivity contribution >= 4 is 17.6 Å². The number of rotatable bonds is 3.